The van der Waals surface area contributed by atoms with E-state index in [1.165, 1.54) is 0 Å². The molecule has 6 heteroatoms. The van der Waals surface area contributed by atoms with Gasteiger partial charge in [-0.2, -0.15) is 0 Å². The number of hydrogen-bond donors (Lipinski definition) is 2. The van der Waals surface area contributed by atoms with Gasteiger partial charge in [-0.05, 0) is 11.1 Å². The molecule has 0 spiro atoms. The standard InChI is InChI=1S/C18H16N2O4/c21-15-11-14(17(22)23)20(15)18(24)19-16(12-7-3-1-4-8-12)13-9-5-2-6-10-13/h1-10,14,16H,11H2,(H,19,24)(H,22,23). The maximum atomic E-state index is 12.4. The molecule has 2 aromatic carbocycles. The number of carbonyl (C=O) groups excluding carboxylic acids is 2. The second kappa shape index (κ2) is 6.54. The number of β-lactam (4-membered cyclic amide) rings is 1. The van der Waals surface area contributed by atoms with Gasteiger partial charge in [-0.3, -0.25) is 4.79 Å². The van der Waals surface area contributed by atoms with Crippen molar-refractivity contribution in [1.82, 2.24) is 10.2 Å². The lowest BCUT2D eigenvalue weighted by Crippen LogP contribution is -2.62. The predicted octanol–water partition coefficient (Wildman–Crippen LogP) is 2.17. The first-order valence-corrected chi connectivity index (χ1v) is 7.53. The highest BCUT2D eigenvalue weighted by Crippen LogP contribution is 2.25. The Balaban J connectivity index is 1.86. The highest BCUT2D eigenvalue weighted by atomic mass is 16.4. The number of nitrogens with zero attached hydrogens (tertiary/aromatic N) is 1. The number of carbonyl (C=O) groups is 3. The Hall–Kier alpha value is -3.15. The van der Waals surface area contributed by atoms with Gasteiger partial charge in [-0.1, -0.05) is 60.7 Å². The first kappa shape index (κ1) is 15.7. The molecular weight excluding hydrogens is 308 g/mol. The second-order valence-corrected chi connectivity index (χ2v) is 5.53. The van der Waals surface area contributed by atoms with Crippen LogP contribution in [0.4, 0.5) is 4.79 Å². The number of nitrogens with one attached hydrogen (secondary N) is 1. The minimum atomic E-state index is -1.18. The lowest BCUT2D eigenvalue weighted by Gasteiger charge is -2.36. The molecule has 0 aromatic heterocycles. The fraction of sp³-hybridized carbons (Fsp3) is 0.167. The SMILES string of the molecule is O=C(O)C1CC(=O)N1C(=O)NC(c1ccccc1)c1ccccc1. The number of imide groups is 1. The number of amides is 3. The van der Waals surface area contributed by atoms with Crippen molar-refractivity contribution in [3.63, 3.8) is 0 Å². The van der Waals surface area contributed by atoms with E-state index in [1.54, 1.807) is 0 Å². The summed E-state index contributed by atoms with van der Waals surface area (Å²) in [6.45, 7) is 0. The van der Waals surface area contributed by atoms with Crippen molar-refractivity contribution in [3.8, 4) is 0 Å². The van der Waals surface area contributed by atoms with Crippen LogP contribution in [0.2, 0.25) is 0 Å². The largest absolute Gasteiger partial charge is 0.480 e. The third-order valence-electron chi connectivity index (χ3n) is 3.99. The molecule has 0 saturated carbocycles. The van der Waals surface area contributed by atoms with Crippen LogP contribution in [0.25, 0.3) is 0 Å². The molecule has 1 heterocycles. The van der Waals surface area contributed by atoms with E-state index in [1.807, 2.05) is 60.7 Å². The number of benzene rings is 2. The topological polar surface area (TPSA) is 86.7 Å². The van der Waals surface area contributed by atoms with E-state index in [4.69, 9.17) is 5.11 Å². The monoisotopic (exact) mass is 324 g/mol. The van der Waals surface area contributed by atoms with Crippen LogP contribution in [-0.4, -0.2) is 34.0 Å². The smallest absolute Gasteiger partial charge is 0.327 e. The van der Waals surface area contributed by atoms with Gasteiger partial charge in [0, 0.05) is 0 Å². The van der Waals surface area contributed by atoms with Crippen LogP contribution < -0.4 is 5.32 Å². The molecule has 2 aromatic rings. The third kappa shape index (κ3) is 2.99. The Morgan fingerprint density at radius 3 is 1.92 bits per heavy atom. The maximum absolute atomic E-state index is 12.4. The Morgan fingerprint density at radius 2 is 1.50 bits per heavy atom. The molecule has 2 N–H and O–H groups in total. The van der Waals surface area contributed by atoms with Gasteiger partial charge >= 0.3 is 12.0 Å². The zero-order valence-corrected chi connectivity index (χ0v) is 12.8. The summed E-state index contributed by atoms with van der Waals surface area (Å²) in [5.74, 6) is -1.67. The van der Waals surface area contributed by atoms with Crippen molar-refractivity contribution in [2.24, 2.45) is 0 Å². The number of likely N-dealkylation sites (tertiary alicyclic amines) is 1. The molecule has 3 amide bonds. The number of aliphatic carboxylic acids is 1. The quantitative estimate of drug-likeness (QED) is 0.844. The number of rotatable bonds is 4. The van der Waals surface area contributed by atoms with E-state index in [0.717, 1.165) is 16.0 Å². The first-order valence-electron chi connectivity index (χ1n) is 7.53. The summed E-state index contributed by atoms with van der Waals surface area (Å²) >= 11 is 0. The summed E-state index contributed by atoms with van der Waals surface area (Å²) in [6.07, 6.45) is -0.149. The van der Waals surface area contributed by atoms with Crippen LogP contribution in [0, 0.1) is 0 Å². The average molecular weight is 324 g/mol. The summed E-state index contributed by atoms with van der Waals surface area (Å²) in [4.78, 5) is 35.9. The van der Waals surface area contributed by atoms with Crippen LogP contribution in [0.15, 0.2) is 60.7 Å². The van der Waals surface area contributed by atoms with Crippen molar-refractivity contribution in [3.05, 3.63) is 71.8 Å². The Labute approximate surface area is 138 Å². The number of carboxylic acid groups (broad SMARTS) is 1. The normalized spacial score (nSPS) is 16.6. The van der Waals surface area contributed by atoms with Gasteiger partial charge in [-0.15, -0.1) is 0 Å². The molecule has 1 aliphatic heterocycles. The minimum Gasteiger partial charge on any atom is -0.480 e. The van der Waals surface area contributed by atoms with E-state index in [2.05, 4.69) is 5.32 Å². The highest BCUT2D eigenvalue weighted by molar-refractivity contribution is 6.06. The van der Waals surface area contributed by atoms with Crippen LogP contribution >= 0.6 is 0 Å². The maximum Gasteiger partial charge on any atom is 0.327 e. The molecule has 6 nitrogen and oxygen atoms in total. The lowest BCUT2D eigenvalue weighted by atomic mass is 9.98. The summed E-state index contributed by atoms with van der Waals surface area (Å²) in [5.41, 5.74) is 1.69. The number of hydrogen-bond acceptors (Lipinski definition) is 3. The second-order valence-electron chi connectivity index (χ2n) is 5.53. The van der Waals surface area contributed by atoms with E-state index in [0.29, 0.717) is 0 Å². The average Bonchev–Trinajstić information content (AvgIpc) is 2.58. The number of urea groups is 1. The van der Waals surface area contributed by atoms with Crippen LogP contribution in [0.3, 0.4) is 0 Å². The first-order chi connectivity index (χ1) is 11.6. The van der Waals surface area contributed by atoms with Crippen molar-refractivity contribution in [2.45, 2.75) is 18.5 Å². The van der Waals surface area contributed by atoms with Crippen molar-refractivity contribution < 1.29 is 19.5 Å². The fourth-order valence-electron chi connectivity index (χ4n) is 2.71. The molecule has 3 rings (SSSR count). The van der Waals surface area contributed by atoms with Crippen molar-refractivity contribution in [1.29, 1.82) is 0 Å². The molecule has 1 aliphatic rings. The molecule has 1 saturated heterocycles. The molecule has 24 heavy (non-hydrogen) atoms. The molecule has 1 atom stereocenters. The van der Waals surface area contributed by atoms with Gasteiger partial charge in [-0.25, -0.2) is 14.5 Å². The van der Waals surface area contributed by atoms with E-state index < -0.39 is 30.0 Å². The summed E-state index contributed by atoms with van der Waals surface area (Å²) in [6, 6.07) is 16.4. The minimum absolute atomic E-state index is 0.149. The van der Waals surface area contributed by atoms with E-state index in [9.17, 15) is 14.4 Å². The summed E-state index contributed by atoms with van der Waals surface area (Å²) in [5, 5.41) is 11.8. The van der Waals surface area contributed by atoms with Gasteiger partial charge in [0.05, 0.1) is 12.5 Å². The fourth-order valence-corrected chi connectivity index (χ4v) is 2.71. The molecule has 0 bridgehead atoms. The zero-order valence-electron chi connectivity index (χ0n) is 12.8. The van der Waals surface area contributed by atoms with Gasteiger partial charge < -0.3 is 10.4 Å². The van der Waals surface area contributed by atoms with Crippen LogP contribution in [0.1, 0.15) is 23.6 Å². The van der Waals surface area contributed by atoms with Gasteiger partial charge in [0.25, 0.3) is 0 Å². The number of carboxylic acids is 1. The molecule has 1 unspecified atom stereocenters. The van der Waals surface area contributed by atoms with E-state index >= 15 is 0 Å². The van der Waals surface area contributed by atoms with Crippen molar-refractivity contribution >= 4 is 17.9 Å². The Kier molecular flexibility index (Phi) is 4.29. The zero-order chi connectivity index (χ0) is 17.1. The van der Waals surface area contributed by atoms with Crippen LogP contribution in [0.5, 0.6) is 0 Å². The Bertz CT molecular complexity index is 722. The molecule has 122 valence electrons. The summed E-state index contributed by atoms with van der Waals surface area (Å²) < 4.78 is 0. The molecule has 0 aliphatic carbocycles. The van der Waals surface area contributed by atoms with E-state index in [-0.39, 0.29) is 6.42 Å². The van der Waals surface area contributed by atoms with Crippen molar-refractivity contribution in [2.75, 3.05) is 0 Å². The molecule has 1 fully saturated rings. The Morgan fingerprint density at radius 1 is 1.00 bits per heavy atom. The summed E-state index contributed by atoms with van der Waals surface area (Å²) in [7, 11) is 0. The predicted molar refractivity (Wildman–Crippen MR) is 86.1 cm³/mol. The molecular formula is C18H16N2O4. The molecule has 0 radical (unpaired) electrons. The van der Waals surface area contributed by atoms with Crippen LogP contribution in [-0.2, 0) is 9.59 Å². The highest BCUT2D eigenvalue weighted by Gasteiger charge is 2.46. The lowest BCUT2D eigenvalue weighted by molar-refractivity contribution is -0.157. The van der Waals surface area contributed by atoms with Gasteiger partial charge in [0.2, 0.25) is 5.91 Å². The van der Waals surface area contributed by atoms with Gasteiger partial charge in [0.15, 0.2) is 0 Å². The van der Waals surface area contributed by atoms with Gasteiger partial charge in [0.1, 0.15) is 6.04 Å². The third-order valence-corrected chi connectivity index (χ3v) is 3.99.